The maximum atomic E-state index is 10.1. The Hall–Kier alpha value is -3.30. The van der Waals surface area contributed by atoms with Gasteiger partial charge in [-0.2, -0.15) is 0 Å². The number of carbonyl (C=O) groups is 6. The molecule has 3 unspecified atom stereocenters. The van der Waals surface area contributed by atoms with Crippen molar-refractivity contribution in [3.8, 4) is 0 Å². The fourth-order valence-electron chi connectivity index (χ4n) is 1.10. The van der Waals surface area contributed by atoms with Gasteiger partial charge in [-0.15, -0.1) is 0 Å². The molecule has 0 aromatic heterocycles. The van der Waals surface area contributed by atoms with E-state index >= 15 is 0 Å². The first kappa shape index (κ1) is 30.4. The molecule has 0 rings (SSSR count). The molecule has 0 bridgehead atoms. The van der Waals surface area contributed by atoms with Crippen LogP contribution < -0.4 is 22.9 Å². The summed E-state index contributed by atoms with van der Waals surface area (Å²) in [4.78, 5) is 59.6. The predicted molar refractivity (Wildman–Crippen MR) is 94.4 cm³/mol. The van der Waals surface area contributed by atoms with Gasteiger partial charge < -0.3 is 48.5 Å². The van der Waals surface area contributed by atoms with Crippen LogP contribution in [0.5, 0.6) is 0 Å². The van der Waals surface area contributed by atoms with Crippen molar-refractivity contribution in [2.45, 2.75) is 50.2 Å². The van der Waals surface area contributed by atoms with Crippen LogP contribution >= 0.6 is 0 Å². The smallest absolute Gasteiger partial charge is 0.321 e. The lowest BCUT2D eigenvalue weighted by atomic mass is 10.2. The Morgan fingerprint density at radius 1 is 0.586 bits per heavy atom. The molecule has 0 saturated heterocycles. The van der Waals surface area contributed by atoms with Gasteiger partial charge in [-0.25, -0.2) is 0 Å². The number of carboxylic acids is 5. The zero-order valence-electron chi connectivity index (χ0n) is 15.3. The Labute approximate surface area is 164 Å². The van der Waals surface area contributed by atoms with Crippen LogP contribution in [0.1, 0.15) is 32.1 Å². The standard InChI is InChI=1S/C5H10N2O3.C5H9NO4.C4H7NO4/c2*6-3(5(9)10)1-2-4(7)8;5-2(4(8)9)1-3(6)7/h3H,1-2,6H2,(H2,7,8)(H,9,10);3H,1-2,6H2,(H,7,8)(H,9,10);2H,1,5H2,(H,6,7)(H,8,9). The van der Waals surface area contributed by atoms with Crippen molar-refractivity contribution in [2.75, 3.05) is 0 Å². The lowest BCUT2D eigenvalue weighted by molar-refractivity contribution is -0.144. The monoisotopic (exact) mass is 426 g/mol. The molecule has 3 atom stereocenters. The number of aliphatic carboxylic acids is 5. The fourth-order valence-corrected chi connectivity index (χ4v) is 1.10. The van der Waals surface area contributed by atoms with Gasteiger partial charge in [0.2, 0.25) is 5.91 Å². The highest BCUT2D eigenvalue weighted by Crippen LogP contribution is 1.93. The zero-order valence-corrected chi connectivity index (χ0v) is 15.3. The van der Waals surface area contributed by atoms with Crippen molar-refractivity contribution in [1.29, 1.82) is 0 Å². The van der Waals surface area contributed by atoms with Crippen molar-refractivity contribution < 1.29 is 54.3 Å². The topological polar surface area (TPSA) is 308 Å². The summed E-state index contributed by atoms with van der Waals surface area (Å²) in [6.07, 6.45) is -0.633. The molecule has 0 aromatic carbocycles. The number of rotatable bonds is 11. The van der Waals surface area contributed by atoms with Crippen molar-refractivity contribution in [1.82, 2.24) is 0 Å². The first-order valence-corrected chi connectivity index (χ1v) is 7.78. The molecule has 0 aliphatic rings. The molecule has 0 radical (unpaired) electrons. The first-order chi connectivity index (χ1) is 13.1. The van der Waals surface area contributed by atoms with Gasteiger partial charge in [0.05, 0.1) is 6.42 Å². The van der Waals surface area contributed by atoms with E-state index < -0.39 is 60.3 Å². The zero-order chi connectivity index (χ0) is 23.7. The quantitative estimate of drug-likeness (QED) is 0.157. The highest BCUT2D eigenvalue weighted by molar-refractivity contribution is 5.80. The van der Waals surface area contributed by atoms with Gasteiger partial charge >= 0.3 is 29.8 Å². The summed E-state index contributed by atoms with van der Waals surface area (Å²) in [6, 6.07) is -3.33. The SMILES string of the molecule is NC(=O)CCC(N)C(=O)O.NC(CC(=O)O)C(=O)O.NC(CCC(=O)O)C(=O)O. The van der Waals surface area contributed by atoms with Gasteiger partial charge in [-0.1, -0.05) is 0 Å². The fraction of sp³-hybridized carbons (Fsp3) is 0.571. The Morgan fingerprint density at radius 2 is 0.931 bits per heavy atom. The van der Waals surface area contributed by atoms with Crippen LogP contribution in [0.25, 0.3) is 0 Å². The van der Waals surface area contributed by atoms with Crippen molar-refractivity contribution in [3.63, 3.8) is 0 Å². The average Bonchev–Trinajstić information content (AvgIpc) is 2.57. The summed E-state index contributed by atoms with van der Waals surface area (Å²) >= 11 is 0. The Bertz CT molecular complexity index is 548. The highest BCUT2D eigenvalue weighted by atomic mass is 16.4. The van der Waals surface area contributed by atoms with Gasteiger partial charge in [0, 0.05) is 12.8 Å². The van der Waals surface area contributed by atoms with Gasteiger partial charge in [0.1, 0.15) is 18.1 Å². The molecular formula is C14H26N4O11. The molecule has 15 heteroatoms. The summed E-state index contributed by atoms with van der Waals surface area (Å²) in [7, 11) is 0. The summed E-state index contributed by atoms with van der Waals surface area (Å²) in [6.45, 7) is 0. The molecule has 0 aliphatic carbocycles. The van der Waals surface area contributed by atoms with E-state index in [2.05, 4.69) is 0 Å². The Morgan fingerprint density at radius 3 is 1.14 bits per heavy atom. The normalized spacial score (nSPS) is 12.5. The third-order valence-electron chi connectivity index (χ3n) is 2.72. The second-order valence-electron chi connectivity index (χ2n) is 5.37. The van der Waals surface area contributed by atoms with Gasteiger partial charge in [-0.05, 0) is 12.8 Å². The minimum absolute atomic E-state index is 0.0213. The maximum absolute atomic E-state index is 10.1. The van der Waals surface area contributed by atoms with E-state index in [1.54, 1.807) is 0 Å². The second kappa shape index (κ2) is 16.8. The molecule has 29 heavy (non-hydrogen) atoms. The van der Waals surface area contributed by atoms with Crippen LogP contribution in [0.3, 0.4) is 0 Å². The van der Waals surface area contributed by atoms with Crippen LogP contribution in [-0.2, 0) is 28.8 Å². The summed E-state index contributed by atoms with van der Waals surface area (Å²) < 4.78 is 0. The molecule has 0 heterocycles. The van der Waals surface area contributed by atoms with Gasteiger partial charge in [-0.3, -0.25) is 28.8 Å². The largest absolute Gasteiger partial charge is 0.481 e. The molecule has 0 aromatic rings. The van der Waals surface area contributed by atoms with E-state index in [4.69, 9.17) is 48.5 Å². The van der Waals surface area contributed by atoms with Crippen molar-refractivity contribution in [3.05, 3.63) is 0 Å². The first-order valence-electron chi connectivity index (χ1n) is 7.78. The average molecular weight is 426 g/mol. The van der Waals surface area contributed by atoms with Gasteiger partial charge in [0.15, 0.2) is 0 Å². The molecule has 0 saturated carbocycles. The molecule has 168 valence electrons. The number of carbonyl (C=O) groups excluding carboxylic acids is 1. The number of nitrogens with two attached hydrogens (primary N) is 4. The molecular weight excluding hydrogens is 400 g/mol. The third-order valence-corrected chi connectivity index (χ3v) is 2.72. The van der Waals surface area contributed by atoms with Gasteiger partial charge in [0.25, 0.3) is 0 Å². The van der Waals surface area contributed by atoms with Crippen LogP contribution in [-0.4, -0.2) is 79.4 Å². The third kappa shape index (κ3) is 24.7. The molecule has 0 fully saturated rings. The van der Waals surface area contributed by atoms with Crippen LogP contribution in [0.15, 0.2) is 0 Å². The molecule has 15 nitrogen and oxygen atoms in total. The number of primary amides is 1. The molecule has 13 N–H and O–H groups in total. The van der Waals surface area contributed by atoms with E-state index in [9.17, 15) is 28.8 Å². The van der Waals surface area contributed by atoms with Crippen LogP contribution in [0, 0.1) is 0 Å². The number of amides is 1. The number of hydrogen-bond donors (Lipinski definition) is 9. The van der Waals surface area contributed by atoms with Crippen molar-refractivity contribution >= 4 is 35.8 Å². The molecule has 0 aliphatic heterocycles. The Balaban J connectivity index is -0.000000350. The van der Waals surface area contributed by atoms with Crippen LogP contribution in [0.2, 0.25) is 0 Å². The molecule has 1 amide bonds. The minimum Gasteiger partial charge on any atom is -0.481 e. The highest BCUT2D eigenvalue weighted by Gasteiger charge is 2.14. The summed E-state index contributed by atoms with van der Waals surface area (Å²) in [5.41, 5.74) is 19.6. The maximum Gasteiger partial charge on any atom is 0.321 e. The number of carboxylic acid groups (broad SMARTS) is 5. The van der Waals surface area contributed by atoms with Crippen LogP contribution in [0.4, 0.5) is 0 Å². The summed E-state index contributed by atoms with van der Waals surface area (Å²) in [5.74, 6) is -6.33. The van der Waals surface area contributed by atoms with E-state index in [-0.39, 0.29) is 25.7 Å². The lowest BCUT2D eigenvalue weighted by Crippen LogP contribution is -2.32. The van der Waals surface area contributed by atoms with E-state index in [1.807, 2.05) is 0 Å². The van der Waals surface area contributed by atoms with Crippen molar-refractivity contribution in [2.24, 2.45) is 22.9 Å². The second-order valence-corrected chi connectivity index (χ2v) is 5.37. The summed E-state index contributed by atoms with van der Waals surface area (Å²) in [5, 5.41) is 40.5. The Kier molecular flexibility index (Phi) is 17.7. The molecule has 0 spiro atoms. The number of hydrogen-bond acceptors (Lipinski definition) is 9. The minimum atomic E-state index is -1.29. The van der Waals surface area contributed by atoms with E-state index in [0.717, 1.165) is 0 Å². The lowest BCUT2D eigenvalue weighted by Gasteiger charge is -2.01. The van der Waals surface area contributed by atoms with E-state index in [1.165, 1.54) is 0 Å². The predicted octanol–water partition coefficient (Wildman–Crippen LogP) is -3.20. The van der Waals surface area contributed by atoms with E-state index in [0.29, 0.717) is 0 Å².